The highest BCUT2D eigenvalue weighted by Gasteiger charge is 2.25. The Labute approximate surface area is 136 Å². The maximum atomic E-state index is 12.6. The highest BCUT2D eigenvalue weighted by atomic mass is 16.5. The smallest absolute Gasteiger partial charge is 0.253 e. The van der Waals surface area contributed by atoms with Crippen molar-refractivity contribution >= 4 is 5.91 Å². The van der Waals surface area contributed by atoms with E-state index in [9.17, 15) is 4.79 Å². The number of aromatic nitrogens is 2. The standard InChI is InChI=1S/C18H21N3O2/c1-13-3-4-15(11-14(13)2)18(22)21-9-5-16(6-10-21)23-17-12-19-7-8-20-17/h3-4,7-8,11-12,16H,5-6,9-10H2,1-2H3. The molecule has 0 saturated carbocycles. The second-order valence-electron chi connectivity index (χ2n) is 5.95. The highest BCUT2D eigenvalue weighted by molar-refractivity contribution is 5.94. The summed E-state index contributed by atoms with van der Waals surface area (Å²) in [4.78, 5) is 22.6. The van der Waals surface area contributed by atoms with Crippen molar-refractivity contribution in [1.82, 2.24) is 14.9 Å². The van der Waals surface area contributed by atoms with Crippen molar-refractivity contribution in [2.45, 2.75) is 32.8 Å². The summed E-state index contributed by atoms with van der Waals surface area (Å²) in [6, 6.07) is 5.89. The zero-order valence-electron chi connectivity index (χ0n) is 13.5. The number of aryl methyl sites for hydroxylation is 2. The maximum Gasteiger partial charge on any atom is 0.253 e. The zero-order valence-corrected chi connectivity index (χ0v) is 13.5. The van der Waals surface area contributed by atoms with Crippen LogP contribution in [0.2, 0.25) is 0 Å². The lowest BCUT2D eigenvalue weighted by molar-refractivity contribution is 0.0587. The van der Waals surface area contributed by atoms with E-state index < -0.39 is 0 Å². The number of benzene rings is 1. The molecule has 0 radical (unpaired) electrons. The third-order valence-electron chi connectivity index (χ3n) is 4.31. The predicted molar refractivity (Wildman–Crippen MR) is 87.5 cm³/mol. The van der Waals surface area contributed by atoms with Gasteiger partial charge in [0.25, 0.3) is 5.91 Å². The van der Waals surface area contributed by atoms with Gasteiger partial charge in [0.1, 0.15) is 6.10 Å². The third kappa shape index (κ3) is 3.67. The summed E-state index contributed by atoms with van der Waals surface area (Å²) in [5.41, 5.74) is 3.12. The number of amides is 1. The molecule has 3 rings (SSSR count). The first-order chi connectivity index (χ1) is 11.1. The molecule has 5 nitrogen and oxygen atoms in total. The molecule has 5 heteroatoms. The SMILES string of the molecule is Cc1ccc(C(=O)N2CCC(Oc3cnccn3)CC2)cc1C. The van der Waals surface area contributed by atoms with Gasteiger partial charge in [0.05, 0.1) is 6.20 Å². The van der Waals surface area contributed by atoms with Gasteiger partial charge in [0.15, 0.2) is 0 Å². The molecule has 2 aromatic rings. The average Bonchev–Trinajstić information content (AvgIpc) is 2.58. The average molecular weight is 311 g/mol. The van der Waals surface area contributed by atoms with Gasteiger partial charge in [-0.15, -0.1) is 0 Å². The summed E-state index contributed by atoms with van der Waals surface area (Å²) >= 11 is 0. The summed E-state index contributed by atoms with van der Waals surface area (Å²) in [5, 5.41) is 0. The van der Waals surface area contributed by atoms with Gasteiger partial charge in [0, 0.05) is 43.9 Å². The van der Waals surface area contributed by atoms with E-state index in [0.717, 1.165) is 24.0 Å². The largest absolute Gasteiger partial charge is 0.473 e. The summed E-state index contributed by atoms with van der Waals surface area (Å²) in [6.07, 6.45) is 6.58. The minimum absolute atomic E-state index is 0.0931. The number of hydrogen-bond donors (Lipinski definition) is 0. The van der Waals surface area contributed by atoms with Crippen LogP contribution in [0.4, 0.5) is 0 Å². The van der Waals surface area contributed by atoms with Gasteiger partial charge in [-0.1, -0.05) is 6.07 Å². The molecular formula is C18H21N3O2. The summed E-state index contributed by atoms with van der Waals surface area (Å²) in [7, 11) is 0. The fourth-order valence-corrected chi connectivity index (χ4v) is 2.75. The van der Waals surface area contributed by atoms with Crippen molar-refractivity contribution in [3.63, 3.8) is 0 Å². The van der Waals surface area contributed by atoms with Crippen molar-refractivity contribution in [2.75, 3.05) is 13.1 Å². The number of carbonyl (C=O) groups is 1. The lowest BCUT2D eigenvalue weighted by Crippen LogP contribution is -2.41. The molecule has 0 atom stereocenters. The summed E-state index contributed by atoms with van der Waals surface area (Å²) in [6.45, 7) is 5.50. The Kier molecular flexibility index (Phi) is 4.55. The normalized spacial score (nSPS) is 15.5. The van der Waals surface area contributed by atoms with Crippen molar-refractivity contribution in [3.05, 3.63) is 53.5 Å². The Morgan fingerprint density at radius 2 is 1.96 bits per heavy atom. The molecule has 120 valence electrons. The quantitative estimate of drug-likeness (QED) is 0.874. The van der Waals surface area contributed by atoms with Crippen molar-refractivity contribution in [3.8, 4) is 5.88 Å². The van der Waals surface area contributed by atoms with Crippen LogP contribution in [0, 0.1) is 13.8 Å². The van der Waals surface area contributed by atoms with E-state index in [-0.39, 0.29) is 12.0 Å². The second-order valence-corrected chi connectivity index (χ2v) is 5.95. The van der Waals surface area contributed by atoms with Crippen LogP contribution in [0.1, 0.15) is 34.3 Å². The van der Waals surface area contributed by atoms with Gasteiger partial charge in [-0.2, -0.15) is 0 Å². The molecule has 0 aliphatic carbocycles. The molecule has 0 bridgehead atoms. The molecule has 0 N–H and O–H groups in total. The van der Waals surface area contributed by atoms with Crippen LogP contribution < -0.4 is 4.74 Å². The molecule has 0 unspecified atom stereocenters. The first-order valence-electron chi connectivity index (χ1n) is 7.92. The van der Waals surface area contributed by atoms with E-state index in [1.165, 1.54) is 5.56 Å². The van der Waals surface area contributed by atoms with Gasteiger partial charge < -0.3 is 9.64 Å². The Morgan fingerprint density at radius 3 is 2.61 bits per heavy atom. The van der Waals surface area contributed by atoms with Crippen LogP contribution in [-0.2, 0) is 0 Å². The van der Waals surface area contributed by atoms with E-state index in [0.29, 0.717) is 19.0 Å². The molecular weight excluding hydrogens is 290 g/mol. The van der Waals surface area contributed by atoms with Gasteiger partial charge >= 0.3 is 0 Å². The number of piperidine rings is 1. The van der Waals surface area contributed by atoms with Gasteiger partial charge in [-0.05, 0) is 37.1 Å². The Bertz CT molecular complexity index is 680. The molecule has 1 saturated heterocycles. The zero-order chi connectivity index (χ0) is 16.2. The van der Waals surface area contributed by atoms with E-state index in [4.69, 9.17) is 4.74 Å². The van der Waals surface area contributed by atoms with E-state index in [1.807, 2.05) is 30.0 Å². The molecule has 1 aromatic carbocycles. The summed E-state index contributed by atoms with van der Waals surface area (Å²) in [5.74, 6) is 0.650. The Morgan fingerprint density at radius 1 is 1.17 bits per heavy atom. The van der Waals surface area contributed by atoms with Crippen LogP contribution in [0.15, 0.2) is 36.8 Å². The first kappa shape index (κ1) is 15.5. The minimum atomic E-state index is 0.0931. The predicted octanol–water partition coefficient (Wildman–Crippen LogP) is 2.78. The first-order valence-corrected chi connectivity index (χ1v) is 7.92. The van der Waals surface area contributed by atoms with Crippen LogP contribution in [0.5, 0.6) is 5.88 Å². The highest BCUT2D eigenvalue weighted by Crippen LogP contribution is 2.19. The van der Waals surface area contributed by atoms with Crippen molar-refractivity contribution in [2.24, 2.45) is 0 Å². The number of ether oxygens (including phenoxy) is 1. The van der Waals surface area contributed by atoms with E-state index >= 15 is 0 Å². The molecule has 1 aliphatic rings. The lowest BCUT2D eigenvalue weighted by atomic mass is 10.0. The monoisotopic (exact) mass is 311 g/mol. The van der Waals surface area contributed by atoms with Gasteiger partial charge in [-0.25, -0.2) is 4.98 Å². The molecule has 1 aliphatic heterocycles. The molecule has 2 heterocycles. The Balaban J connectivity index is 1.58. The van der Waals surface area contributed by atoms with Gasteiger partial charge in [-0.3, -0.25) is 9.78 Å². The van der Waals surface area contributed by atoms with Crippen molar-refractivity contribution < 1.29 is 9.53 Å². The third-order valence-corrected chi connectivity index (χ3v) is 4.31. The van der Waals surface area contributed by atoms with E-state index in [2.05, 4.69) is 16.9 Å². The van der Waals surface area contributed by atoms with Crippen LogP contribution >= 0.6 is 0 Å². The second kappa shape index (κ2) is 6.77. The number of likely N-dealkylation sites (tertiary alicyclic amines) is 1. The number of carbonyl (C=O) groups excluding carboxylic acids is 1. The number of nitrogens with zero attached hydrogens (tertiary/aromatic N) is 3. The van der Waals surface area contributed by atoms with Gasteiger partial charge in [0.2, 0.25) is 5.88 Å². The minimum Gasteiger partial charge on any atom is -0.473 e. The molecule has 0 spiro atoms. The fourth-order valence-electron chi connectivity index (χ4n) is 2.75. The van der Waals surface area contributed by atoms with Crippen LogP contribution in [0.3, 0.4) is 0 Å². The number of hydrogen-bond acceptors (Lipinski definition) is 4. The molecule has 1 amide bonds. The topological polar surface area (TPSA) is 55.3 Å². The molecule has 1 aromatic heterocycles. The molecule has 23 heavy (non-hydrogen) atoms. The Hall–Kier alpha value is -2.43. The van der Waals surface area contributed by atoms with Crippen molar-refractivity contribution in [1.29, 1.82) is 0 Å². The fraction of sp³-hybridized carbons (Fsp3) is 0.389. The lowest BCUT2D eigenvalue weighted by Gasteiger charge is -2.32. The van der Waals surface area contributed by atoms with E-state index in [1.54, 1.807) is 18.6 Å². The van der Waals surface area contributed by atoms with Crippen LogP contribution in [-0.4, -0.2) is 40.0 Å². The maximum absolute atomic E-state index is 12.6. The van der Waals surface area contributed by atoms with Crippen LogP contribution in [0.25, 0.3) is 0 Å². The summed E-state index contributed by atoms with van der Waals surface area (Å²) < 4.78 is 5.81. The number of rotatable bonds is 3. The molecule has 1 fully saturated rings.